The van der Waals surface area contributed by atoms with E-state index < -0.39 is 0 Å². The SMILES string of the molecule is Cl.c1ccc(C2CC3(CCN(CC4CC4)C3)c3ccccc32)cc1. The third kappa shape index (κ3) is 2.68. The minimum absolute atomic E-state index is 0. The number of hydrogen-bond donors (Lipinski definition) is 0. The van der Waals surface area contributed by atoms with Crippen molar-refractivity contribution in [3.05, 3.63) is 71.3 Å². The smallest absolute Gasteiger partial charge is 0.0104 e. The molecule has 0 amide bonds. The third-order valence-electron chi connectivity index (χ3n) is 6.35. The number of rotatable bonds is 3. The molecule has 3 aliphatic rings. The quantitative estimate of drug-likeness (QED) is 0.760. The molecule has 1 saturated heterocycles. The summed E-state index contributed by atoms with van der Waals surface area (Å²) in [4.78, 5) is 2.75. The molecule has 5 rings (SSSR count). The molecule has 0 bridgehead atoms. The first kappa shape index (κ1) is 16.2. The fourth-order valence-corrected chi connectivity index (χ4v) is 5.04. The van der Waals surface area contributed by atoms with Gasteiger partial charge in [0, 0.05) is 24.4 Å². The highest BCUT2D eigenvalue weighted by atomic mass is 35.5. The molecular formula is C22H26ClN. The van der Waals surface area contributed by atoms with Crippen LogP contribution in [0, 0.1) is 5.92 Å². The molecular weight excluding hydrogens is 314 g/mol. The minimum Gasteiger partial charge on any atom is -0.302 e. The van der Waals surface area contributed by atoms with Crippen molar-refractivity contribution >= 4 is 12.4 Å². The van der Waals surface area contributed by atoms with Gasteiger partial charge >= 0.3 is 0 Å². The lowest BCUT2D eigenvalue weighted by Crippen LogP contribution is -2.30. The molecule has 2 fully saturated rings. The van der Waals surface area contributed by atoms with Gasteiger partial charge in [-0.05, 0) is 54.8 Å². The molecule has 1 spiro atoms. The number of benzene rings is 2. The average Bonchev–Trinajstić information content (AvgIpc) is 3.24. The third-order valence-corrected chi connectivity index (χ3v) is 6.35. The predicted molar refractivity (Wildman–Crippen MR) is 102 cm³/mol. The number of hydrogen-bond acceptors (Lipinski definition) is 1. The summed E-state index contributed by atoms with van der Waals surface area (Å²) in [7, 11) is 0. The highest BCUT2D eigenvalue weighted by molar-refractivity contribution is 5.85. The van der Waals surface area contributed by atoms with Crippen molar-refractivity contribution in [2.75, 3.05) is 19.6 Å². The maximum Gasteiger partial charge on any atom is 0.0104 e. The summed E-state index contributed by atoms with van der Waals surface area (Å²) >= 11 is 0. The van der Waals surface area contributed by atoms with E-state index in [1.54, 1.807) is 11.1 Å². The van der Waals surface area contributed by atoms with Gasteiger partial charge in [-0.3, -0.25) is 0 Å². The topological polar surface area (TPSA) is 3.24 Å². The van der Waals surface area contributed by atoms with E-state index in [0.29, 0.717) is 11.3 Å². The van der Waals surface area contributed by atoms with Gasteiger partial charge in [-0.1, -0.05) is 54.6 Å². The van der Waals surface area contributed by atoms with Crippen LogP contribution in [0.3, 0.4) is 0 Å². The summed E-state index contributed by atoms with van der Waals surface area (Å²) in [5.41, 5.74) is 5.14. The highest BCUT2D eigenvalue weighted by Crippen LogP contribution is 2.53. The number of halogens is 1. The molecule has 126 valence electrons. The molecule has 1 heterocycles. The molecule has 0 aromatic heterocycles. The summed E-state index contributed by atoms with van der Waals surface area (Å²) in [6, 6.07) is 20.4. The number of fused-ring (bicyclic) bond motifs is 2. The molecule has 1 aliphatic heterocycles. The molecule has 1 nitrogen and oxygen atoms in total. The van der Waals surface area contributed by atoms with Crippen LogP contribution in [0.5, 0.6) is 0 Å². The van der Waals surface area contributed by atoms with E-state index in [9.17, 15) is 0 Å². The van der Waals surface area contributed by atoms with Crippen LogP contribution in [0.2, 0.25) is 0 Å². The van der Waals surface area contributed by atoms with E-state index in [4.69, 9.17) is 0 Å². The van der Waals surface area contributed by atoms with Crippen LogP contribution in [-0.2, 0) is 5.41 Å². The van der Waals surface area contributed by atoms with Crippen molar-refractivity contribution in [2.45, 2.75) is 37.0 Å². The fourth-order valence-electron chi connectivity index (χ4n) is 5.04. The second kappa shape index (κ2) is 6.20. The van der Waals surface area contributed by atoms with Crippen molar-refractivity contribution in [3.8, 4) is 0 Å². The van der Waals surface area contributed by atoms with Crippen LogP contribution >= 0.6 is 12.4 Å². The van der Waals surface area contributed by atoms with Gasteiger partial charge in [-0.2, -0.15) is 0 Å². The molecule has 2 aromatic rings. The van der Waals surface area contributed by atoms with E-state index in [0.717, 1.165) is 5.92 Å². The van der Waals surface area contributed by atoms with Crippen molar-refractivity contribution in [3.63, 3.8) is 0 Å². The number of nitrogens with zero attached hydrogens (tertiary/aromatic N) is 1. The van der Waals surface area contributed by atoms with Crippen LogP contribution in [0.15, 0.2) is 54.6 Å². The van der Waals surface area contributed by atoms with E-state index in [1.165, 1.54) is 50.9 Å². The molecule has 2 aliphatic carbocycles. The first-order chi connectivity index (χ1) is 11.3. The molecule has 2 heteroatoms. The maximum absolute atomic E-state index is 2.75. The monoisotopic (exact) mass is 339 g/mol. The molecule has 2 unspecified atom stereocenters. The van der Waals surface area contributed by atoms with Gasteiger partial charge in [0.05, 0.1) is 0 Å². The van der Waals surface area contributed by atoms with Gasteiger partial charge < -0.3 is 4.90 Å². The first-order valence-corrected chi connectivity index (χ1v) is 9.21. The molecule has 24 heavy (non-hydrogen) atoms. The fraction of sp³-hybridized carbons (Fsp3) is 0.455. The van der Waals surface area contributed by atoms with Crippen LogP contribution in [0.25, 0.3) is 0 Å². The maximum atomic E-state index is 2.75. The van der Waals surface area contributed by atoms with Gasteiger partial charge in [-0.15, -0.1) is 12.4 Å². The molecule has 1 saturated carbocycles. The average molecular weight is 340 g/mol. The molecule has 0 N–H and O–H groups in total. The van der Waals surface area contributed by atoms with Crippen LogP contribution < -0.4 is 0 Å². The van der Waals surface area contributed by atoms with Gasteiger partial charge in [-0.25, -0.2) is 0 Å². The van der Waals surface area contributed by atoms with Gasteiger partial charge in [0.1, 0.15) is 0 Å². The van der Waals surface area contributed by atoms with Crippen LogP contribution in [0.1, 0.15) is 48.3 Å². The van der Waals surface area contributed by atoms with Gasteiger partial charge in [0.15, 0.2) is 0 Å². The van der Waals surface area contributed by atoms with Crippen molar-refractivity contribution in [2.24, 2.45) is 5.92 Å². The summed E-state index contributed by atoms with van der Waals surface area (Å²) in [5, 5.41) is 0. The first-order valence-electron chi connectivity index (χ1n) is 9.21. The summed E-state index contributed by atoms with van der Waals surface area (Å²) in [6.45, 7) is 3.93. The lowest BCUT2D eigenvalue weighted by Gasteiger charge is -2.26. The van der Waals surface area contributed by atoms with E-state index >= 15 is 0 Å². The van der Waals surface area contributed by atoms with Gasteiger partial charge in [0.25, 0.3) is 0 Å². The minimum atomic E-state index is 0. The Labute approximate surface area is 151 Å². The van der Waals surface area contributed by atoms with Crippen molar-refractivity contribution < 1.29 is 0 Å². The van der Waals surface area contributed by atoms with Crippen LogP contribution in [0.4, 0.5) is 0 Å². The Bertz CT molecular complexity index is 709. The van der Waals surface area contributed by atoms with E-state index in [2.05, 4.69) is 59.5 Å². The summed E-state index contributed by atoms with van der Waals surface area (Å²) in [6.07, 6.45) is 5.58. The number of likely N-dealkylation sites (tertiary alicyclic amines) is 1. The van der Waals surface area contributed by atoms with Gasteiger partial charge in [0.2, 0.25) is 0 Å². The molecule has 2 atom stereocenters. The summed E-state index contributed by atoms with van der Waals surface area (Å²) < 4.78 is 0. The molecule has 2 aromatic carbocycles. The van der Waals surface area contributed by atoms with Crippen LogP contribution in [-0.4, -0.2) is 24.5 Å². The zero-order valence-electron chi connectivity index (χ0n) is 14.2. The second-order valence-corrected chi connectivity index (χ2v) is 7.96. The van der Waals surface area contributed by atoms with E-state index in [1.807, 2.05) is 0 Å². The largest absolute Gasteiger partial charge is 0.302 e. The van der Waals surface area contributed by atoms with Crippen molar-refractivity contribution in [1.29, 1.82) is 0 Å². The lowest BCUT2D eigenvalue weighted by atomic mass is 9.80. The zero-order chi connectivity index (χ0) is 15.3. The Kier molecular flexibility index (Phi) is 4.18. The Morgan fingerprint density at radius 2 is 1.71 bits per heavy atom. The Balaban J connectivity index is 0.00000146. The summed E-state index contributed by atoms with van der Waals surface area (Å²) in [5.74, 6) is 1.60. The lowest BCUT2D eigenvalue weighted by molar-refractivity contribution is 0.295. The normalized spacial score (nSPS) is 28.8. The Morgan fingerprint density at radius 1 is 0.958 bits per heavy atom. The standard InChI is InChI=1S/C22H25N.ClH/c1-2-6-18(7-3-1)20-14-22(21-9-5-4-8-19(20)21)12-13-23(16-22)15-17-10-11-17;/h1-9,17,20H,10-16H2;1H. The molecule has 0 radical (unpaired) electrons. The van der Waals surface area contributed by atoms with E-state index in [-0.39, 0.29) is 12.4 Å². The Morgan fingerprint density at radius 3 is 2.50 bits per heavy atom. The predicted octanol–water partition coefficient (Wildman–Crippen LogP) is 5.00. The zero-order valence-corrected chi connectivity index (χ0v) is 15.0. The highest BCUT2D eigenvalue weighted by Gasteiger charge is 2.48. The second-order valence-electron chi connectivity index (χ2n) is 7.96. The van der Waals surface area contributed by atoms with Crippen molar-refractivity contribution in [1.82, 2.24) is 4.90 Å². The Hall–Kier alpha value is -1.31.